The maximum absolute atomic E-state index is 13.6. The summed E-state index contributed by atoms with van der Waals surface area (Å²) < 4.78 is 18.4. The zero-order chi connectivity index (χ0) is 20.3. The van der Waals surface area contributed by atoms with E-state index in [2.05, 4.69) is 10.6 Å². The highest BCUT2D eigenvalue weighted by Crippen LogP contribution is 2.35. The van der Waals surface area contributed by atoms with Gasteiger partial charge >= 0.3 is 12.0 Å². The number of hydrogen-bond acceptors (Lipinski definition) is 5. The Morgan fingerprint density at radius 1 is 1.29 bits per heavy atom. The van der Waals surface area contributed by atoms with Crippen molar-refractivity contribution in [3.8, 4) is 0 Å². The van der Waals surface area contributed by atoms with Crippen molar-refractivity contribution in [2.75, 3.05) is 18.5 Å². The number of carbonyl (C=O) groups excluding carboxylic acids is 4. The van der Waals surface area contributed by atoms with E-state index >= 15 is 0 Å². The van der Waals surface area contributed by atoms with Crippen LogP contribution in [0.2, 0.25) is 5.02 Å². The molecule has 2 aliphatic rings. The minimum Gasteiger partial charge on any atom is -0.456 e. The number of hydrogen-bond donors (Lipinski definition) is 2. The molecule has 1 aromatic rings. The molecule has 1 spiro atoms. The monoisotopic (exact) mass is 411 g/mol. The number of anilines is 1. The second-order valence-corrected chi connectivity index (χ2v) is 7.20. The van der Waals surface area contributed by atoms with Crippen LogP contribution in [-0.2, 0) is 19.1 Å². The number of benzene rings is 1. The number of imide groups is 1. The van der Waals surface area contributed by atoms with Crippen molar-refractivity contribution in [3.05, 3.63) is 29.0 Å². The molecular formula is C18H19ClFN3O5. The molecule has 8 nitrogen and oxygen atoms in total. The molecule has 1 saturated heterocycles. The van der Waals surface area contributed by atoms with Crippen molar-refractivity contribution >= 4 is 41.1 Å². The lowest BCUT2D eigenvalue weighted by molar-refractivity contribution is -0.147. The van der Waals surface area contributed by atoms with Gasteiger partial charge in [-0.25, -0.2) is 9.18 Å². The van der Waals surface area contributed by atoms with E-state index in [1.165, 1.54) is 12.1 Å². The zero-order valence-electron chi connectivity index (χ0n) is 14.9. The summed E-state index contributed by atoms with van der Waals surface area (Å²) in [7, 11) is 0. The predicted molar refractivity (Wildman–Crippen MR) is 97.1 cm³/mol. The third kappa shape index (κ3) is 4.24. The Balaban J connectivity index is 1.44. The van der Waals surface area contributed by atoms with Gasteiger partial charge in [-0.1, -0.05) is 24.4 Å². The molecule has 0 unspecified atom stereocenters. The van der Waals surface area contributed by atoms with E-state index in [4.69, 9.17) is 16.3 Å². The van der Waals surface area contributed by atoms with E-state index in [-0.39, 0.29) is 29.6 Å². The molecule has 0 radical (unpaired) electrons. The number of esters is 1. The molecule has 0 bridgehead atoms. The number of carbonyl (C=O) groups is 4. The summed E-state index contributed by atoms with van der Waals surface area (Å²) in [5.74, 6) is -2.50. The zero-order valence-corrected chi connectivity index (χ0v) is 15.7. The van der Waals surface area contributed by atoms with Crippen LogP contribution in [0.1, 0.15) is 32.1 Å². The Labute approximate surface area is 165 Å². The van der Waals surface area contributed by atoms with Gasteiger partial charge in [-0.2, -0.15) is 0 Å². The van der Waals surface area contributed by atoms with E-state index < -0.39 is 35.9 Å². The molecule has 3 rings (SSSR count). The van der Waals surface area contributed by atoms with Crippen molar-refractivity contribution < 1.29 is 28.3 Å². The molecular weight excluding hydrogens is 393 g/mol. The first-order chi connectivity index (χ1) is 13.3. The molecule has 2 fully saturated rings. The van der Waals surface area contributed by atoms with E-state index in [9.17, 15) is 23.6 Å². The van der Waals surface area contributed by atoms with Crippen LogP contribution in [0.25, 0.3) is 0 Å². The summed E-state index contributed by atoms with van der Waals surface area (Å²) in [6.45, 7) is -0.759. The lowest BCUT2D eigenvalue weighted by atomic mass is 9.98. The fraction of sp³-hybridized carbons (Fsp3) is 0.444. The van der Waals surface area contributed by atoms with Crippen molar-refractivity contribution in [1.29, 1.82) is 0 Å². The molecule has 1 aliphatic heterocycles. The number of rotatable bonds is 6. The Morgan fingerprint density at radius 3 is 2.71 bits per heavy atom. The Kier molecular flexibility index (Phi) is 5.83. The van der Waals surface area contributed by atoms with E-state index in [0.717, 1.165) is 23.8 Å². The lowest BCUT2D eigenvalue weighted by Gasteiger charge is -2.19. The fourth-order valence-corrected chi connectivity index (χ4v) is 3.57. The summed E-state index contributed by atoms with van der Waals surface area (Å²) in [5, 5.41) is 5.20. The van der Waals surface area contributed by atoms with E-state index in [0.29, 0.717) is 12.8 Å². The van der Waals surface area contributed by atoms with Gasteiger partial charge < -0.3 is 15.4 Å². The van der Waals surface area contributed by atoms with Gasteiger partial charge in [0.1, 0.15) is 11.4 Å². The third-order valence-electron chi connectivity index (χ3n) is 4.81. The minimum atomic E-state index is -0.831. The van der Waals surface area contributed by atoms with Gasteiger partial charge in [0.25, 0.3) is 11.8 Å². The van der Waals surface area contributed by atoms with Gasteiger partial charge in [-0.15, -0.1) is 0 Å². The maximum atomic E-state index is 13.6. The van der Waals surface area contributed by atoms with Gasteiger partial charge in [-0.05, 0) is 31.0 Å². The van der Waals surface area contributed by atoms with Crippen LogP contribution in [0.5, 0.6) is 0 Å². The van der Waals surface area contributed by atoms with Crippen LogP contribution in [0.3, 0.4) is 0 Å². The van der Waals surface area contributed by atoms with E-state index in [1.807, 2.05) is 0 Å². The Hall–Kier alpha value is -2.68. The molecule has 10 heteroatoms. The molecule has 150 valence electrons. The van der Waals surface area contributed by atoms with Gasteiger partial charge in [0.05, 0.1) is 12.1 Å². The van der Waals surface area contributed by atoms with Crippen LogP contribution >= 0.6 is 11.6 Å². The van der Waals surface area contributed by atoms with Gasteiger partial charge in [0.15, 0.2) is 6.61 Å². The first kappa shape index (κ1) is 20.1. The van der Waals surface area contributed by atoms with Crippen LogP contribution in [0.4, 0.5) is 14.9 Å². The summed E-state index contributed by atoms with van der Waals surface area (Å²) >= 11 is 5.73. The average molecular weight is 412 g/mol. The fourth-order valence-electron chi connectivity index (χ4n) is 3.40. The SMILES string of the molecule is O=C(COC(=O)CCN1C(=O)NC2(CCCC2)C1=O)Nc1cc(Cl)ccc1F. The second-order valence-electron chi connectivity index (χ2n) is 6.76. The van der Waals surface area contributed by atoms with Crippen LogP contribution in [0.15, 0.2) is 18.2 Å². The van der Waals surface area contributed by atoms with Crippen LogP contribution in [-0.4, -0.2) is 47.4 Å². The predicted octanol–water partition coefficient (Wildman–Crippen LogP) is 2.22. The first-order valence-electron chi connectivity index (χ1n) is 8.85. The smallest absolute Gasteiger partial charge is 0.325 e. The molecule has 28 heavy (non-hydrogen) atoms. The molecule has 0 aromatic heterocycles. The topological polar surface area (TPSA) is 105 Å². The van der Waals surface area contributed by atoms with Gasteiger partial charge in [0, 0.05) is 11.6 Å². The maximum Gasteiger partial charge on any atom is 0.325 e. The summed E-state index contributed by atoms with van der Waals surface area (Å²) in [4.78, 5) is 49.1. The normalized spacial score (nSPS) is 17.7. The highest BCUT2D eigenvalue weighted by Gasteiger charge is 2.52. The molecule has 1 aliphatic carbocycles. The standard InChI is InChI=1S/C18H19ClFN3O5/c19-11-3-4-12(20)13(9-11)21-14(24)10-28-15(25)5-8-23-16(26)18(22-17(23)27)6-1-2-7-18/h3-4,9H,1-2,5-8,10H2,(H,21,24)(H,22,27). The lowest BCUT2D eigenvalue weighted by Crippen LogP contribution is -2.44. The van der Waals surface area contributed by atoms with E-state index in [1.54, 1.807) is 0 Å². The van der Waals surface area contributed by atoms with Crippen molar-refractivity contribution in [2.24, 2.45) is 0 Å². The second kappa shape index (κ2) is 8.14. The number of nitrogens with zero attached hydrogens (tertiary/aromatic N) is 1. The number of halogens is 2. The number of urea groups is 1. The Bertz CT molecular complexity index is 825. The number of nitrogens with one attached hydrogen (secondary N) is 2. The summed E-state index contributed by atoms with van der Waals surface area (Å²) in [6, 6.07) is 3.14. The number of amides is 4. The van der Waals surface area contributed by atoms with Gasteiger partial charge in [0.2, 0.25) is 0 Å². The molecule has 0 atom stereocenters. The van der Waals surface area contributed by atoms with Crippen LogP contribution in [0, 0.1) is 5.82 Å². The summed E-state index contributed by atoms with van der Waals surface area (Å²) in [6.07, 6.45) is 2.68. The Morgan fingerprint density at radius 2 is 2.00 bits per heavy atom. The largest absolute Gasteiger partial charge is 0.456 e. The molecule has 1 saturated carbocycles. The van der Waals surface area contributed by atoms with Crippen LogP contribution < -0.4 is 10.6 Å². The molecule has 2 N–H and O–H groups in total. The third-order valence-corrected chi connectivity index (χ3v) is 5.04. The van der Waals surface area contributed by atoms with Crippen molar-refractivity contribution in [3.63, 3.8) is 0 Å². The van der Waals surface area contributed by atoms with Crippen molar-refractivity contribution in [2.45, 2.75) is 37.6 Å². The molecule has 4 amide bonds. The summed E-state index contributed by atoms with van der Waals surface area (Å²) in [5.41, 5.74) is -0.961. The highest BCUT2D eigenvalue weighted by atomic mass is 35.5. The van der Waals surface area contributed by atoms with Gasteiger partial charge in [-0.3, -0.25) is 19.3 Å². The molecule has 1 heterocycles. The number of ether oxygens (including phenoxy) is 1. The average Bonchev–Trinajstić information content (AvgIpc) is 3.20. The molecule has 1 aromatic carbocycles. The first-order valence-corrected chi connectivity index (χ1v) is 9.23. The quantitative estimate of drug-likeness (QED) is 0.551. The minimum absolute atomic E-state index is 0.129. The van der Waals surface area contributed by atoms with Crippen molar-refractivity contribution in [1.82, 2.24) is 10.2 Å². The highest BCUT2D eigenvalue weighted by molar-refractivity contribution is 6.30.